The van der Waals surface area contributed by atoms with Crippen LogP contribution >= 0.6 is 0 Å². The smallest absolute Gasteiger partial charge is 0.260 e. The highest BCUT2D eigenvalue weighted by atomic mass is 16.5. The molecular weight excluding hydrogens is 410 g/mol. The molecular formula is C25H27NO6. The summed E-state index contributed by atoms with van der Waals surface area (Å²) in [5.41, 5.74) is 1.58. The highest BCUT2D eigenvalue weighted by molar-refractivity contribution is 5.84. The van der Waals surface area contributed by atoms with Gasteiger partial charge in [-0.1, -0.05) is 12.1 Å². The predicted molar refractivity (Wildman–Crippen MR) is 121 cm³/mol. The number of ether oxygens (including phenoxy) is 3. The highest BCUT2D eigenvalue weighted by Gasteiger charge is 2.26. The van der Waals surface area contributed by atoms with Crippen LogP contribution in [0.15, 0.2) is 51.7 Å². The van der Waals surface area contributed by atoms with Gasteiger partial charge in [0.25, 0.3) is 5.91 Å². The molecule has 2 aromatic carbocycles. The summed E-state index contributed by atoms with van der Waals surface area (Å²) in [5, 5.41) is 0.455. The quantitative estimate of drug-likeness (QED) is 0.604. The van der Waals surface area contributed by atoms with Crippen LogP contribution in [-0.2, 0) is 9.53 Å². The summed E-state index contributed by atoms with van der Waals surface area (Å²) in [5.74, 6) is 1.60. The Morgan fingerprint density at radius 2 is 1.72 bits per heavy atom. The molecule has 32 heavy (non-hydrogen) atoms. The fourth-order valence-corrected chi connectivity index (χ4v) is 4.08. The van der Waals surface area contributed by atoms with Crippen molar-refractivity contribution in [2.24, 2.45) is 0 Å². The van der Waals surface area contributed by atoms with Crippen LogP contribution < -0.4 is 14.9 Å². The van der Waals surface area contributed by atoms with Gasteiger partial charge in [0.1, 0.15) is 22.8 Å². The van der Waals surface area contributed by atoms with Crippen LogP contribution in [0.25, 0.3) is 22.1 Å². The number of amides is 1. The monoisotopic (exact) mass is 437 g/mol. The summed E-state index contributed by atoms with van der Waals surface area (Å²) >= 11 is 0. The third-order valence-electron chi connectivity index (χ3n) is 5.55. The maximum atomic E-state index is 13.1. The normalized spacial score (nSPS) is 18.6. The van der Waals surface area contributed by atoms with E-state index in [0.717, 1.165) is 5.56 Å². The maximum Gasteiger partial charge on any atom is 0.260 e. The molecule has 0 spiro atoms. The van der Waals surface area contributed by atoms with E-state index < -0.39 is 0 Å². The molecule has 0 aliphatic carbocycles. The molecule has 168 valence electrons. The molecule has 0 N–H and O–H groups in total. The molecule has 1 aromatic heterocycles. The second kappa shape index (κ2) is 9.04. The number of carbonyl (C=O) groups is 1. The zero-order chi connectivity index (χ0) is 22.8. The molecule has 0 radical (unpaired) electrons. The van der Waals surface area contributed by atoms with Gasteiger partial charge >= 0.3 is 0 Å². The number of benzene rings is 2. The molecule has 0 bridgehead atoms. The second-order valence-corrected chi connectivity index (χ2v) is 8.09. The Morgan fingerprint density at radius 1 is 1.06 bits per heavy atom. The van der Waals surface area contributed by atoms with Crippen LogP contribution in [0.1, 0.15) is 19.6 Å². The first kappa shape index (κ1) is 21.9. The van der Waals surface area contributed by atoms with Crippen LogP contribution in [-0.4, -0.2) is 49.8 Å². The Hall–Kier alpha value is -3.32. The van der Waals surface area contributed by atoms with Crippen molar-refractivity contribution in [2.45, 2.75) is 33.0 Å². The number of fused-ring (bicyclic) bond motifs is 1. The molecule has 0 saturated carbocycles. The van der Waals surface area contributed by atoms with E-state index in [1.807, 2.05) is 38.1 Å². The van der Waals surface area contributed by atoms with Crippen molar-refractivity contribution in [3.8, 4) is 22.6 Å². The van der Waals surface area contributed by atoms with E-state index in [2.05, 4.69) is 0 Å². The lowest BCUT2D eigenvalue weighted by Crippen LogP contribution is -2.49. The first-order chi connectivity index (χ1) is 15.4. The lowest BCUT2D eigenvalue weighted by Gasteiger charge is -2.35. The van der Waals surface area contributed by atoms with Crippen LogP contribution in [0.4, 0.5) is 0 Å². The van der Waals surface area contributed by atoms with Gasteiger partial charge < -0.3 is 23.5 Å². The zero-order valence-electron chi connectivity index (χ0n) is 18.7. The van der Waals surface area contributed by atoms with Crippen LogP contribution in [0, 0.1) is 6.92 Å². The summed E-state index contributed by atoms with van der Waals surface area (Å²) in [6.07, 6.45) is 0.000957. The van der Waals surface area contributed by atoms with Crippen molar-refractivity contribution in [1.82, 2.24) is 4.90 Å². The van der Waals surface area contributed by atoms with Crippen LogP contribution in [0.3, 0.4) is 0 Å². The Morgan fingerprint density at radius 3 is 2.38 bits per heavy atom. The zero-order valence-corrected chi connectivity index (χ0v) is 18.7. The SMILES string of the molecule is COc1ccc(-c2c(C)oc3cc(OCC(=O)N4C[C@@H](C)O[C@@H](C)C4)ccc3c2=O)cc1. The van der Waals surface area contributed by atoms with Crippen molar-refractivity contribution in [1.29, 1.82) is 0 Å². The van der Waals surface area contributed by atoms with E-state index >= 15 is 0 Å². The van der Waals surface area contributed by atoms with Gasteiger partial charge in [0.05, 0.1) is 30.3 Å². The molecule has 1 aliphatic heterocycles. The molecule has 7 nitrogen and oxygen atoms in total. The number of methoxy groups -OCH3 is 1. The molecule has 1 fully saturated rings. The number of rotatable bonds is 5. The van der Waals surface area contributed by atoms with E-state index in [4.69, 9.17) is 18.6 Å². The Labute approximate surface area is 186 Å². The third-order valence-corrected chi connectivity index (χ3v) is 5.55. The van der Waals surface area contributed by atoms with E-state index in [1.165, 1.54) is 0 Å². The minimum atomic E-state index is -0.118. The maximum absolute atomic E-state index is 13.1. The van der Waals surface area contributed by atoms with Gasteiger partial charge in [-0.05, 0) is 50.6 Å². The van der Waals surface area contributed by atoms with Gasteiger partial charge in [-0.15, -0.1) is 0 Å². The summed E-state index contributed by atoms with van der Waals surface area (Å²) < 4.78 is 22.5. The fourth-order valence-electron chi connectivity index (χ4n) is 4.08. The second-order valence-electron chi connectivity index (χ2n) is 8.09. The summed E-state index contributed by atoms with van der Waals surface area (Å²) in [4.78, 5) is 27.4. The lowest BCUT2D eigenvalue weighted by atomic mass is 10.0. The standard InChI is InChI=1S/C25H27NO6/c1-15-12-26(13-16(2)31-15)23(27)14-30-20-9-10-21-22(11-20)32-17(3)24(25(21)28)18-5-7-19(29-4)8-6-18/h5-11,15-16H,12-14H2,1-4H3/t15-,16+. The van der Waals surface area contributed by atoms with Crippen molar-refractivity contribution >= 4 is 16.9 Å². The fraction of sp³-hybridized carbons (Fsp3) is 0.360. The average Bonchev–Trinajstić information content (AvgIpc) is 2.77. The minimum Gasteiger partial charge on any atom is -0.497 e. The van der Waals surface area contributed by atoms with Crippen LogP contribution in [0.5, 0.6) is 11.5 Å². The van der Waals surface area contributed by atoms with Gasteiger partial charge in [-0.2, -0.15) is 0 Å². The number of hydrogen-bond donors (Lipinski definition) is 0. The average molecular weight is 437 g/mol. The topological polar surface area (TPSA) is 78.2 Å². The number of morpholine rings is 1. The van der Waals surface area contributed by atoms with Gasteiger partial charge in [-0.25, -0.2) is 0 Å². The molecule has 2 atom stereocenters. The predicted octanol–water partition coefficient (Wildman–Crippen LogP) is 3.79. The minimum absolute atomic E-state index is 0.000479. The van der Waals surface area contributed by atoms with Crippen molar-refractivity contribution in [2.75, 3.05) is 26.8 Å². The lowest BCUT2D eigenvalue weighted by molar-refractivity contribution is -0.145. The van der Waals surface area contributed by atoms with Crippen LogP contribution in [0.2, 0.25) is 0 Å². The van der Waals surface area contributed by atoms with E-state index in [0.29, 0.717) is 46.9 Å². The molecule has 4 rings (SSSR count). The summed E-state index contributed by atoms with van der Waals surface area (Å²) in [6.45, 7) is 6.67. The molecule has 1 amide bonds. The highest BCUT2D eigenvalue weighted by Crippen LogP contribution is 2.27. The molecule has 7 heteroatoms. The Kier molecular flexibility index (Phi) is 6.19. The Balaban J connectivity index is 1.54. The summed E-state index contributed by atoms with van der Waals surface area (Å²) in [7, 11) is 1.60. The molecule has 1 aliphatic rings. The third kappa shape index (κ3) is 4.48. The molecule has 1 saturated heterocycles. The molecule has 0 unspecified atom stereocenters. The number of hydrogen-bond acceptors (Lipinski definition) is 6. The van der Waals surface area contributed by atoms with E-state index in [-0.39, 0.29) is 30.2 Å². The van der Waals surface area contributed by atoms with E-state index in [9.17, 15) is 9.59 Å². The summed E-state index contributed by atoms with van der Waals surface area (Å²) in [6, 6.07) is 12.3. The van der Waals surface area contributed by atoms with Crippen molar-refractivity contribution < 1.29 is 23.4 Å². The number of aryl methyl sites for hydroxylation is 1. The molecule has 3 aromatic rings. The first-order valence-corrected chi connectivity index (χ1v) is 10.6. The van der Waals surface area contributed by atoms with Gasteiger partial charge in [0.15, 0.2) is 6.61 Å². The van der Waals surface area contributed by atoms with Gasteiger partial charge in [-0.3, -0.25) is 9.59 Å². The van der Waals surface area contributed by atoms with Crippen molar-refractivity contribution in [3.63, 3.8) is 0 Å². The first-order valence-electron chi connectivity index (χ1n) is 10.6. The van der Waals surface area contributed by atoms with Gasteiger partial charge in [0, 0.05) is 19.2 Å². The largest absolute Gasteiger partial charge is 0.497 e. The van der Waals surface area contributed by atoms with Gasteiger partial charge in [0.2, 0.25) is 5.43 Å². The number of carbonyl (C=O) groups excluding carboxylic acids is 1. The van der Waals surface area contributed by atoms with E-state index in [1.54, 1.807) is 37.1 Å². The number of nitrogens with zero attached hydrogens (tertiary/aromatic N) is 1. The Bertz CT molecular complexity index is 1170. The van der Waals surface area contributed by atoms with Crippen molar-refractivity contribution in [3.05, 3.63) is 58.4 Å². The molecule has 2 heterocycles.